The van der Waals surface area contributed by atoms with Gasteiger partial charge >= 0.3 is 5.97 Å². The Bertz CT molecular complexity index is 1060. The van der Waals surface area contributed by atoms with Crippen LogP contribution in [-0.4, -0.2) is 17.7 Å². The summed E-state index contributed by atoms with van der Waals surface area (Å²) in [5.74, 6) is -3.21. The van der Waals surface area contributed by atoms with Crippen LogP contribution in [-0.2, 0) is 0 Å². The zero-order valence-electron chi connectivity index (χ0n) is 18.5. The number of rotatable bonds is 12. The van der Waals surface area contributed by atoms with Crippen molar-refractivity contribution in [3.8, 4) is 16.9 Å². The molecule has 1 N–H and O–H groups in total. The molecule has 3 nitrogen and oxygen atoms in total. The molecule has 170 valence electrons. The molecule has 0 radical (unpaired) electrons. The molecule has 0 aliphatic rings. The molecule has 3 aromatic rings. The number of halogens is 2. The highest BCUT2D eigenvalue weighted by atomic mass is 19.2. The maximum absolute atomic E-state index is 14.4. The molecule has 0 saturated heterocycles. The Morgan fingerprint density at radius 1 is 0.812 bits per heavy atom. The van der Waals surface area contributed by atoms with E-state index in [-0.39, 0.29) is 5.56 Å². The van der Waals surface area contributed by atoms with E-state index < -0.39 is 23.2 Å². The van der Waals surface area contributed by atoms with Crippen LogP contribution in [0.15, 0.2) is 48.5 Å². The van der Waals surface area contributed by atoms with Gasteiger partial charge in [-0.2, -0.15) is 0 Å². The number of carboxylic acid groups (broad SMARTS) is 1. The summed E-state index contributed by atoms with van der Waals surface area (Å²) in [5, 5.41) is 10.7. The minimum Gasteiger partial charge on any atom is -0.494 e. The fraction of sp³-hybridized carbons (Fsp3) is 0.370. The molecule has 0 fully saturated rings. The number of fused-ring (bicyclic) bond motifs is 1. The summed E-state index contributed by atoms with van der Waals surface area (Å²) >= 11 is 0. The average Bonchev–Trinajstić information content (AvgIpc) is 2.79. The zero-order chi connectivity index (χ0) is 22.9. The number of benzene rings is 3. The molecule has 32 heavy (non-hydrogen) atoms. The van der Waals surface area contributed by atoms with Crippen molar-refractivity contribution in [3.05, 3.63) is 65.7 Å². The lowest BCUT2D eigenvalue weighted by atomic mass is 9.99. The van der Waals surface area contributed by atoms with Gasteiger partial charge in [0.25, 0.3) is 0 Å². The van der Waals surface area contributed by atoms with E-state index in [0.29, 0.717) is 12.2 Å². The molecule has 0 spiro atoms. The van der Waals surface area contributed by atoms with Crippen LogP contribution in [0.2, 0.25) is 0 Å². The second kappa shape index (κ2) is 11.6. The molecule has 0 bridgehead atoms. The summed E-state index contributed by atoms with van der Waals surface area (Å²) in [6, 6.07) is 13.4. The summed E-state index contributed by atoms with van der Waals surface area (Å²) in [6.45, 7) is 2.91. The normalized spacial score (nSPS) is 11.1. The first-order chi connectivity index (χ1) is 15.5. The smallest absolute Gasteiger partial charge is 0.338 e. The maximum Gasteiger partial charge on any atom is 0.338 e. The van der Waals surface area contributed by atoms with Crippen LogP contribution >= 0.6 is 0 Å². The van der Waals surface area contributed by atoms with Crippen molar-refractivity contribution < 1.29 is 23.4 Å². The summed E-state index contributed by atoms with van der Waals surface area (Å²) < 4.78 is 34.4. The molecular formula is C27H30F2O3. The molecule has 5 heteroatoms. The molecule has 0 atom stereocenters. The Labute approximate surface area is 188 Å². The third-order valence-electron chi connectivity index (χ3n) is 5.70. The quantitative estimate of drug-likeness (QED) is 0.290. The molecule has 3 rings (SSSR count). The third-order valence-corrected chi connectivity index (χ3v) is 5.70. The lowest BCUT2D eigenvalue weighted by Gasteiger charge is -2.10. The molecule has 0 aliphatic heterocycles. The minimum atomic E-state index is -1.49. The van der Waals surface area contributed by atoms with Crippen LogP contribution < -0.4 is 4.74 Å². The Hall–Kier alpha value is -2.95. The SMILES string of the molecule is CCCCCCCCCCOc1ccc2cc(-c3ccc(C(=O)O)c(F)c3F)ccc2c1. The number of ether oxygens (including phenoxy) is 1. The van der Waals surface area contributed by atoms with E-state index in [1.807, 2.05) is 24.3 Å². The van der Waals surface area contributed by atoms with E-state index in [1.54, 1.807) is 12.1 Å². The van der Waals surface area contributed by atoms with E-state index in [9.17, 15) is 13.6 Å². The molecule has 0 aliphatic carbocycles. The predicted octanol–water partition coefficient (Wildman–Crippen LogP) is 8.00. The summed E-state index contributed by atoms with van der Waals surface area (Å²) in [5.41, 5.74) is -0.159. The van der Waals surface area contributed by atoms with Crippen molar-refractivity contribution in [2.24, 2.45) is 0 Å². The number of aromatic carboxylic acids is 1. The lowest BCUT2D eigenvalue weighted by Crippen LogP contribution is -2.03. The highest BCUT2D eigenvalue weighted by Crippen LogP contribution is 2.30. The monoisotopic (exact) mass is 440 g/mol. The van der Waals surface area contributed by atoms with Gasteiger partial charge in [0, 0.05) is 5.56 Å². The highest BCUT2D eigenvalue weighted by molar-refractivity contribution is 5.91. The number of unbranched alkanes of at least 4 members (excludes halogenated alkanes) is 7. The first kappa shape index (κ1) is 23.7. The van der Waals surface area contributed by atoms with Gasteiger partial charge in [-0.3, -0.25) is 0 Å². The molecule has 0 saturated carbocycles. The number of hydrogen-bond acceptors (Lipinski definition) is 2. The molecule has 0 unspecified atom stereocenters. The second-order valence-corrected chi connectivity index (χ2v) is 8.14. The Kier molecular flexibility index (Phi) is 8.60. The van der Waals surface area contributed by atoms with Gasteiger partial charge in [0.05, 0.1) is 12.2 Å². The van der Waals surface area contributed by atoms with E-state index in [0.717, 1.165) is 29.0 Å². The van der Waals surface area contributed by atoms with Crippen molar-refractivity contribution in [1.29, 1.82) is 0 Å². The fourth-order valence-corrected chi connectivity index (χ4v) is 3.84. The first-order valence-corrected chi connectivity index (χ1v) is 11.4. The lowest BCUT2D eigenvalue weighted by molar-refractivity contribution is 0.0690. The van der Waals surface area contributed by atoms with Crippen molar-refractivity contribution in [1.82, 2.24) is 0 Å². The number of carbonyl (C=O) groups is 1. The van der Waals surface area contributed by atoms with Crippen molar-refractivity contribution in [3.63, 3.8) is 0 Å². The topological polar surface area (TPSA) is 46.5 Å². The summed E-state index contributed by atoms with van der Waals surface area (Å²) in [4.78, 5) is 11.0. The molecule has 0 heterocycles. The number of carboxylic acids is 1. The van der Waals surface area contributed by atoms with Crippen LogP contribution in [0.5, 0.6) is 5.75 Å². The van der Waals surface area contributed by atoms with Gasteiger partial charge < -0.3 is 9.84 Å². The largest absolute Gasteiger partial charge is 0.494 e. The Morgan fingerprint density at radius 2 is 1.47 bits per heavy atom. The molecular weight excluding hydrogens is 410 g/mol. The van der Waals surface area contributed by atoms with Gasteiger partial charge in [0.2, 0.25) is 0 Å². The van der Waals surface area contributed by atoms with Crippen molar-refractivity contribution in [2.45, 2.75) is 58.3 Å². The highest BCUT2D eigenvalue weighted by Gasteiger charge is 2.18. The Morgan fingerprint density at radius 3 is 2.19 bits per heavy atom. The third kappa shape index (κ3) is 6.06. The van der Waals surface area contributed by atoms with Gasteiger partial charge in [-0.1, -0.05) is 76.1 Å². The summed E-state index contributed by atoms with van der Waals surface area (Å²) in [6.07, 6.45) is 10.0. The zero-order valence-corrected chi connectivity index (χ0v) is 18.5. The standard InChI is InChI=1S/C27H30F2O3/c1-2-3-4-5-6-7-8-9-16-32-22-13-12-19-17-21(11-10-20(19)18-22)23-14-15-24(27(30)31)26(29)25(23)28/h10-15,17-18H,2-9,16H2,1H3,(H,30,31). The van der Waals surface area contributed by atoms with E-state index in [1.165, 1.54) is 51.0 Å². The van der Waals surface area contributed by atoms with E-state index >= 15 is 0 Å². The van der Waals surface area contributed by atoms with E-state index in [4.69, 9.17) is 9.84 Å². The minimum absolute atomic E-state index is 0.0319. The maximum atomic E-state index is 14.4. The van der Waals surface area contributed by atoms with Gasteiger partial charge in [-0.05, 0) is 47.0 Å². The molecule has 0 aromatic heterocycles. The van der Waals surface area contributed by atoms with Crippen LogP contribution in [0.4, 0.5) is 8.78 Å². The second-order valence-electron chi connectivity index (χ2n) is 8.14. The van der Waals surface area contributed by atoms with Crippen LogP contribution in [0.1, 0.15) is 68.6 Å². The average molecular weight is 441 g/mol. The van der Waals surface area contributed by atoms with Gasteiger partial charge in [0.15, 0.2) is 11.6 Å². The predicted molar refractivity (Wildman–Crippen MR) is 124 cm³/mol. The van der Waals surface area contributed by atoms with Crippen LogP contribution in [0, 0.1) is 11.6 Å². The Balaban J connectivity index is 1.59. The van der Waals surface area contributed by atoms with Crippen LogP contribution in [0.3, 0.4) is 0 Å². The van der Waals surface area contributed by atoms with Crippen LogP contribution in [0.25, 0.3) is 21.9 Å². The van der Waals surface area contributed by atoms with Gasteiger partial charge in [-0.15, -0.1) is 0 Å². The summed E-state index contributed by atoms with van der Waals surface area (Å²) in [7, 11) is 0. The number of hydrogen-bond donors (Lipinski definition) is 1. The van der Waals surface area contributed by atoms with Crippen molar-refractivity contribution >= 4 is 16.7 Å². The van der Waals surface area contributed by atoms with Crippen molar-refractivity contribution in [2.75, 3.05) is 6.61 Å². The molecule has 3 aromatic carbocycles. The van der Waals surface area contributed by atoms with E-state index in [2.05, 4.69) is 6.92 Å². The van der Waals surface area contributed by atoms with Gasteiger partial charge in [-0.25, -0.2) is 13.6 Å². The van der Waals surface area contributed by atoms with Gasteiger partial charge in [0.1, 0.15) is 5.75 Å². The molecule has 0 amide bonds. The first-order valence-electron chi connectivity index (χ1n) is 11.4. The fourth-order valence-electron chi connectivity index (χ4n) is 3.84.